The fourth-order valence-electron chi connectivity index (χ4n) is 9.06. The van der Waals surface area contributed by atoms with Crippen molar-refractivity contribution >= 4 is 90.6 Å². The van der Waals surface area contributed by atoms with Gasteiger partial charge in [-0.05, 0) is 110 Å². The third-order valence-electron chi connectivity index (χ3n) is 11.9. The number of carbonyl (C=O) groups is 1. The molecular weight excluding hydrogens is 909 g/mol. The monoisotopic (exact) mass is 951 g/mol. The molecule has 0 atom stereocenters. The van der Waals surface area contributed by atoms with Gasteiger partial charge >= 0.3 is 5.97 Å². The Balaban J connectivity index is 1.44. The molecule has 0 aliphatic carbocycles. The van der Waals surface area contributed by atoms with Crippen LogP contribution in [-0.2, 0) is 51.3 Å². The van der Waals surface area contributed by atoms with E-state index >= 15 is 0 Å². The maximum atomic E-state index is 12.8. The van der Waals surface area contributed by atoms with Gasteiger partial charge in [-0.25, -0.2) is 4.79 Å². The molecule has 7 rings (SSSR count). The first kappa shape index (κ1) is 46.4. The molecule has 2 aliphatic rings. The predicted molar refractivity (Wildman–Crippen MR) is 240 cm³/mol. The van der Waals surface area contributed by atoms with Crippen LogP contribution in [0.4, 0.5) is 11.4 Å². The highest BCUT2D eigenvalue weighted by Gasteiger charge is 2.47. The Morgan fingerprint density at radius 2 is 1.14 bits per heavy atom. The molecule has 0 aromatic heterocycles. The molecule has 0 bridgehead atoms. The van der Waals surface area contributed by atoms with Gasteiger partial charge in [-0.15, -0.1) is 0 Å². The van der Waals surface area contributed by atoms with Gasteiger partial charge in [0, 0.05) is 51.8 Å². The zero-order valence-electron chi connectivity index (χ0n) is 35.1. The van der Waals surface area contributed by atoms with Crippen molar-refractivity contribution in [2.45, 2.75) is 72.0 Å². The lowest BCUT2D eigenvalue weighted by Crippen LogP contribution is -2.27. The number of hydrogen-bond donors (Lipinski definition) is 5. The second-order valence-corrected chi connectivity index (χ2v) is 22.0. The molecule has 20 heteroatoms. The summed E-state index contributed by atoms with van der Waals surface area (Å²) in [6.07, 6.45) is 7.20. The first-order chi connectivity index (χ1) is 29.5. The lowest BCUT2D eigenvalue weighted by molar-refractivity contribution is -0.433. The molecule has 0 saturated carbocycles. The summed E-state index contributed by atoms with van der Waals surface area (Å²) >= 11 is 0. The number of anilines is 1. The fraction of sp³-hybridized carbons (Fsp3) is 0.227. The zero-order chi connectivity index (χ0) is 47.3. The summed E-state index contributed by atoms with van der Waals surface area (Å²) in [5, 5.41) is 10.1. The third kappa shape index (κ3) is 7.87. The average molecular weight is 952 g/mol. The first-order valence-electron chi connectivity index (χ1n) is 19.5. The number of rotatable bonds is 11. The molecule has 336 valence electrons. The van der Waals surface area contributed by atoms with Gasteiger partial charge in [0.25, 0.3) is 40.5 Å². The standard InChI is InChI=1S/C44H42N2O14S4/c1-7-45-34-23-36(63(55,56)57)32-21-28(61(49,50)51)15-17-30(32)40(34)43(3,4)38(45)19-13-26(25-9-11-27(12-10-25)42(47)48)14-20-39-44(5,6)41-31-18-16-29(62(52,53)54)22-33(31)37(64(58,59)60)24-35(41)46(39)8-2/h9-24H,7-8H2,1-6H3,(H4-,47,48,49,50,51,52,53,54,55,56,57,58,59,60)/p+1. The molecule has 0 spiro atoms. The number of fused-ring (bicyclic) bond motifs is 6. The van der Waals surface area contributed by atoms with Crippen molar-refractivity contribution in [2.75, 3.05) is 18.0 Å². The van der Waals surface area contributed by atoms with Crippen LogP contribution in [0, 0.1) is 0 Å². The molecule has 0 radical (unpaired) electrons. The molecule has 0 fully saturated rings. The summed E-state index contributed by atoms with van der Waals surface area (Å²) in [5.41, 5.74) is 2.78. The van der Waals surface area contributed by atoms with Crippen LogP contribution in [0.15, 0.2) is 122 Å². The minimum absolute atomic E-state index is 0.0335. The molecular formula is C44H43N2O14S4+. The largest absolute Gasteiger partial charge is 0.478 e. The molecule has 0 amide bonds. The van der Waals surface area contributed by atoms with Crippen LogP contribution in [0.2, 0.25) is 0 Å². The van der Waals surface area contributed by atoms with Crippen LogP contribution in [-0.4, -0.2) is 86.3 Å². The second kappa shape index (κ2) is 15.5. The number of carboxylic acid groups (broad SMARTS) is 1. The van der Waals surface area contributed by atoms with Crippen molar-refractivity contribution in [3.8, 4) is 0 Å². The summed E-state index contributed by atoms with van der Waals surface area (Å²) in [6.45, 7) is 11.9. The van der Waals surface area contributed by atoms with E-state index in [1.54, 1.807) is 24.3 Å². The highest BCUT2D eigenvalue weighted by Crippen LogP contribution is 2.53. The predicted octanol–water partition coefficient (Wildman–Crippen LogP) is 7.42. The van der Waals surface area contributed by atoms with Crippen molar-refractivity contribution in [1.29, 1.82) is 0 Å². The quantitative estimate of drug-likeness (QED) is 0.0490. The van der Waals surface area contributed by atoms with E-state index in [1.165, 1.54) is 36.4 Å². The molecule has 5 aromatic rings. The Morgan fingerprint density at radius 1 is 0.641 bits per heavy atom. The first-order valence-corrected chi connectivity index (χ1v) is 25.3. The molecule has 16 nitrogen and oxygen atoms in total. The van der Waals surface area contributed by atoms with Crippen LogP contribution < -0.4 is 4.90 Å². The minimum atomic E-state index is -4.92. The third-order valence-corrected chi connectivity index (χ3v) is 15.4. The smallest absolute Gasteiger partial charge is 0.335 e. The molecule has 64 heavy (non-hydrogen) atoms. The van der Waals surface area contributed by atoms with Gasteiger partial charge < -0.3 is 10.0 Å². The van der Waals surface area contributed by atoms with E-state index in [2.05, 4.69) is 0 Å². The SMILES string of the molecule is CCN1/C(=C/C=C(/C=C/C2=[N+](CC)c3cc(S(=O)(=O)O)c4cc(S(=O)(=O)O)ccc4c3C2(C)C)c2ccc(C(=O)O)cc2)C(C)(C)c2c1cc(S(=O)(=O)O)c1cc(S(=O)(=O)O)ccc21. The molecule has 0 saturated heterocycles. The fourth-order valence-corrected chi connectivity index (χ4v) is 11.5. The van der Waals surface area contributed by atoms with E-state index in [4.69, 9.17) is 0 Å². The van der Waals surface area contributed by atoms with Gasteiger partial charge in [0.15, 0.2) is 5.71 Å². The number of hydrogen-bond acceptors (Lipinski definition) is 10. The van der Waals surface area contributed by atoms with Crippen LogP contribution in [0.3, 0.4) is 0 Å². The number of allylic oxidation sites excluding steroid dienone is 6. The number of nitrogens with zero attached hydrogens (tertiary/aromatic N) is 2. The normalized spacial score (nSPS) is 17.2. The highest BCUT2D eigenvalue weighted by atomic mass is 32.2. The molecule has 2 heterocycles. The number of aromatic carboxylic acids is 1. The van der Waals surface area contributed by atoms with Crippen molar-refractivity contribution in [3.05, 3.63) is 125 Å². The summed E-state index contributed by atoms with van der Waals surface area (Å²) in [4.78, 5) is 11.4. The van der Waals surface area contributed by atoms with Gasteiger partial charge in [-0.1, -0.05) is 44.2 Å². The van der Waals surface area contributed by atoms with Crippen molar-refractivity contribution in [1.82, 2.24) is 0 Å². The van der Waals surface area contributed by atoms with Crippen LogP contribution >= 0.6 is 0 Å². The van der Waals surface area contributed by atoms with Gasteiger partial charge in [0.2, 0.25) is 5.69 Å². The van der Waals surface area contributed by atoms with E-state index in [-0.39, 0.29) is 16.3 Å². The van der Waals surface area contributed by atoms with Crippen molar-refractivity contribution < 1.29 is 66.4 Å². The van der Waals surface area contributed by atoms with E-state index in [1.807, 2.05) is 63.2 Å². The van der Waals surface area contributed by atoms with Gasteiger partial charge in [0.1, 0.15) is 16.3 Å². The highest BCUT2D eigenvalue weighted by molar-refractivity contribution is 7.87. The zero-order valence-corrected chi connectivity index (χ0v) is 38.4. The second-order valence-electron chi connectivity index (χ2n) is 16.4. The topological polar surface area (TPSA) is 261 Å². The summed E-state index contributed by atoms with van der Waals surface area (Å²) in [5.74, 6) is -1.14. The average Bonchev–Trinajstić information content (AvgIpc) is 3.56. The van der Waals surface area contributed by atoms with E-state index < -0.39 is 76.9 Å². The Morgan fingerprint density at radius 3 is 1.61 bits per heavy atom. The Kier molecular flexibility index (Phi) is 11.3. The minimum Gasteiger partial charge on any atom is -0.478 e. The molecule has 5 aromatic carbocycles. The molecule has 5 N–H and O–H groups in total. The van der Waals surface area contributed by atoms with Gasteiger partial charge in [-0.3, -0.25) is 18.2 Å². The van der Waals surface area contributed by atoms with Crippen LogP contribution in [0.1, 0.15) is 68.6 Å². The lowest BCUT2D eigenvalue weighted by Gasteiger charge is -2.26. The molecule has 0 unspecified atom stereocenters. The van der Waals surface area contributed by atoms with Crippen molar-refractivity contribution in [2.24, 2.45) is 0 Å². The maximum absolute atomic E-state index is 12.8. The molecule has 2 aliphatic heterocycles. The van der Waals surface area contributed by atoms with Crippen LogP contribution in [0.25, 0.3) is 27.1 Å². The van der Waals surface area contributed by atoms with E-state index in [9.17, 15) is 61.8 Å². The summed E-state index contributed by atoms with van der Waals surface area (Å²) in [6, 6.07) is 15.7. The summed E-state index contributed by atoms with van der Waals surface area (Å²) in [7, 11) is -19.3. The van der Waals surface area contributed by atoms with E-state index in [0.717, 1.165) is 24.3 Å². The number of carboxylic acids is 1. The van der Waals surface area contributed by atoms with Crippen LogP contribution in [0.5, 0.6) is 0 Å². The number of benzene rings is 5. The maximum Gasteiger partial charge on any atom is 0.335 e. The lowest BCUT2D eigenvalue weighted by atomic mass is 9.78. The van der Waals surface area contributed by atoms with Crippen molar-refractivity contribution in [3.63, 3.8) is 0 Å². The summed E-state index contributed by atoms with van der Waals surface area (Å²) < 4.78 is 142. The van der Waals surface area contributed by atoms with E-state index in [0.29, 0.717) is 68.9 Å². The Hall–Kier alpha value is -5.58. The van der Waals surface area contributed by atoms with Gasteiger partial charge in [0.05, 0.1) is 20.8 Å². The Bertz CT molecular complexity index is 3480. The number of likely N-dealkylation sites (N-methyl/N-ethyl adjacent to an activating group) is 1. The Labute approximate surface area is 370 Å². The van der Waals surface area contributed by atoms with Gasteiger partial charge in [-0.2, -0.15) is 38.2 Å².